The van der Waals surface area contributed by atoms with Crippen molar-refractivity contribution in [1.82, 2.24) is 4.90 Å². The van der Waals surface area contributed by atoms with Crippen molar-refractivity contribution in [1.29, 1.82) is 0 Å². The molecule has 0 aliphatic carbocycles. The average Bonchev–Trinajstić information content (AvgIpc) is 2.49. The maximum Gasteiger partial charge on any atom is 0.0702 e. The van der Waals surface area contributed by atoms with Crippen LogP contribution in [0.1, 0.15) is 31.4 Å². The lowest BCUT2D eigenvalue weighted by molar-refractivity contribution is -0.00659. The number of hydrogen-bond acceptors (Lipinski definition) is 4. The second-order valence-corrected chi connectivity index (χ2v) is 5.95. The summed E-state index contributed by atoms with van der Waals surface area (Å²) in [5.74, 6) is 0. The molecule has 2 atom stereocenters. The van der Waals surface area contributed by atoms with Crippen LogP contribution in [0.4, 0.5) is 5.69 Å². The summed E-state index contributed by atoms with van der Waals surface area (Å²) in [6.07, 6.45) is 2.72. The van der Waals surface area contributed by atoms with Crippen LogP contribution in [0.5, 0.6) is 0 Å². The lowest BCUT2D eigenvalue weighted by Crippen LogP contribution is -2.44. The molecule has 0 amide bonds. The Morgan fingerprint density at radius 1 is 1.33 bits per heavy atom. The van der Waals surface area contributed by atoms with Gasteiger partial charge in [0.05, 0.1) is 6.10 Å². The molecule has 1 heterocycles. The van der Waals surface area contributed by atoms with Crippen molar-refractivity contribution in [3.8, 4) is 0 Å². The van der Waals surface area contributed by atoms with Crippen molar-refractivity contribution < 1.29 is 4.74 Å². The number of rotatable bonds is 6. The first-order chi connectivity index (χ1) is 10.2. The summed E-state index contributed by atoms with van der Waals surface area (Å²) in [4.78, 5) is 4.60. The smallest absolute Gasteiger partial charge is 0.0702 e. The van der Waals surface area contributed by atoms with Gasteiger partial charge in [0.25, 0.3) is 0 Å². The van der Waals surface area contributed by atoms with Crippen LogP contribution < -0.4 is 10.6 Å². The molecule has 21 heavy (non-hydrogen) atoms. The normalized spacial score (nSPS) is 21.2. The molecule has 2 unspecified atom stereocenters. The molecule has 0 spiro atoms. The summed E-state index contributed by atoms with van der Waals surface area (Å²) in [6, 6.07) is 9.04. The Morgan fingerprint density at radius 2 is 2.05 bits per heavy atom. The Balaban J connectivity index is 2.07. The molecular weight excluding hydrogens is 262 g/mol. The Bertz CT molecular complexity index is 417. The van der Waals surface area contributed by atoms with E-state index < -0.39 is 0 Å². The highest BCUT2D eigenvalue weighted by Gasteiger charge is 2.26. The molecule has 1 aliphatic heterocycles. The fraction of sp³-hybridized carbons (Fsp3) is 0.647. The molecule has 4 nitrogen and oxygen atoms in total. The van der Waals surface area contributed by atoms with Crippen molar-refractivity contribution >= 4 is 5.69 Å². The summed E-state index contributed by atoms with van der Waals surface area (Å²) >= 11 is 0. The summed E-state index contributed by atoms with van der Waals surface area (Å²) in [7, 11) is 4.12. The number of ether oxygens (including phenoxy) is 1. The van der Waals surface area contributed by atoms with Crippen LogP contribution in [0.25, 0.3) is 0 Å². The number of piperidine rings is 1. The first kappa shape index (κ1) is 16.3. The highest BCUT2D eigenvalue weighted by atomic mass is 16.5. The van der Waals surface area contributed by atoms with Crippen molar-refractivity contribution in [2.45, 2.75) is 31.9 Å². The lowest BCUT2D eigenvalue weighted by atomic mass is 10.00. The predicted octanol–water partition coefficient (Wildman–Crippen LogP) is 2.25. The van der Waals surface area contributed by atoms with Gasteiger partial charge in [-0.2, -0.15) is 0 Å². The van der Waals surface area contributed by atoms with E-state index in [9.17, 15) is 0 Å². The van der Waals surface area contributed by atoms with Crippen LogP contribution in [-0.2, 0) is 4.74 Å². The zero-order valence-electron chi connectivity index (χ0n) is 13.6. The molecule has 0 saturated carbocycles. The van der Waals surface area contributed by atoms with Gasteiger partial charge in [0.2, 0.25) is 0 Å². The third-order valence-corrected chi connectivity index (χ3v) is 4.27. The van der Waals surface area contributed by atoms with Crippen LogP contribution in [0.3, 0.4) is 0 Å². The van der Waals surface area contributed by atoms with Gasteiger partial charge >= 0.3 is 0 Å². The van der Waals surface area contributed by atoms with Crippen molar-refractivity contribution in [3.63, 3.8) is 0 Å². The SMILES string of the molecule is CCOC1CCCN(C(CN)c2ccc(N(C)C)cc2)C1. The van der Waals surface area contributed by atoms with E-state index >= 15 is 0 Å². The van der Waals surface area contributed by atoms with E-state index in [2.05, 4.69) is 55.1 Å². The zero-order valence-corrected chi connectivity index (χ0v) is 13.6. The Morgan fingerprint density at radius 3 is 2.62 bits per heavy atom. The highest BCUT2D eigenvalue weighted by molar-refractivity contribution is 5.46. The van der Waals surface area contributed by atoms with Crippen molar-refractivity contribution in [2.24, 2.45) is 5.73 Å². The first-order valence-corrected chi connectivity index (χ1v) is 7.98. The van der Waals surface area contributed by atoms with E-state index in [1.807, 2.05) is 0 Å². The van der Waals surface area contributed by atoms with Crippen molar-refractivity contribution in [2.75, 3.05) is 45.2 Å². The summed E-state index contributed by atoms with van der Waals surface area (Å²) in [5, 5.41) is 0. The van der Waals surface area contributed by atoms with Crippen LogP contribution in [0.2, 0.25) is 0 Å². The van der Waals surface area contributed by atoms with E-state index in [4.69, 9.17) is 10.5 Å². The summed E-state index contributed by atoms with van der Waals surface area (Å²) < 4.78 is 5.80. The number of benzene rings is 1. The lowest BCUT2D eigenvalue weighted by Gasteiger charge is -2.38. The van der Waals surface area contributed by atoms with Gasteiger partial charge < -0.3 is 15.4 Å². The second kappa shape index (κ2) is 7.78. The first-order valence-electron chi connectivity index (χ1n) is 7.98. The third kappa shape index (κ3) is 4.19. The van der Waals surface area contributed by atoms with Gasteiger partial charge in [-0.1, -0.05) is 12.1 Å². The molecule has 1 fully saturated rings. The molecule has 0 radical (unpaired) electrons. The number of hydrogen-bond donors (Lipinski definition) is 1. The van der Waals surface area contributed by atoms with E-state index in [0.29, 0.717) is 18.7 Å². The molecule has 118 valence electrons. The van der Waals surface area contributed by atoms with Gasteiger partial charge in [-0.15, -0.1) is 0 Å². The van der Waals surface area contributed by atoms with Crippen molar-refractivity contribution in [3.05, 3.63) is 29.8 Å². The minimum absolute atomic E-state index is 0.296. The number of likely N-dealkylation sites (tertiary alicyclic amines) is 1. The molecule has 4 heteroatoms. The standard InChI is InChI=1S/C17H29N3O/c1-4-21-16-6-5-11-20(13-16)17(12-18)14-7-9-15(10-8-14)19(2)3/h7-10,16-17H,4-6,11-13,18H2,1-3H3. The van der Waals surface area contributed by atoms with Gasteiger partial charge in [-0.25, -0.2) is 0 Å². The van der Waals surface area contributed by atoms with Crippen LogP contribution in [0, 0.1) is 0 Å². The van der Waals surface area contributed by atoms with Gasteiger partial charge in [-0.05, 0) is 44.0 Å². The van der Waals surface area contributed by atoms with Gasteiger partial charge in [0.15, 0.2) is 0 Å². The molecule has 2 rings (SSSR count). The topological polar surface area (TPSA) is 41.7 Å². The highest BCUT2D eigenvalue weighted by Crippen LogP contribution is 2.26. The number of nitrogens with zero attached hydrogens (tertiary/aromatic N) is 2. The fourth-order valence-corrected chi connectivity index (χ4v) is 3.11. The second-order valence-electron chi connectivity index (χ2n) is 5.95. The molecule has 1 saturated heterocycles. The number of anilines is 1. The van der Waals surface area contributed by atoms with E-state index in [-0.39, 0.29) is 0 Å². The molecule has 0 bridgehead atoms. The zero-order chi connectivity index (χ0) is 15.2. The largest absolute Gasteiger partial charge is 0.378 e. The van der Waals surface area contributed by atoms with Crippen LogP contribution in [0.15, 0.2) is 24.3 Å². The molecule has 1 aliphatic rings. The average molecular weight is 291 g/mol. The summed E-state index contributed by atoms with van der Waals surface area (Å²) in [5.41, 5.74) is 8.59. The Hall–Kier alpha value is -1.10. The number of nitrogens with two attached hydrogens (primary N) is 1. The van der Waals surface area contributed by atoms with Gasteiger partial charge in [0, 0.05) is 45.5 Å². The molecule has 2 N–H and O–H groups in total. The molecule has 1 aromatic rings. The van der Waals surface area contributed by atoms with E-state index in [1.165, 1.54) is 24.1 Å². The minimum Gasteiger partial charge on any atom is -0.378 e. The quantitative estimate of drug-likeness (QED) is 0.873. The van der Waals surface area contributed by atoms with E-state index in [1.54, 1.807) is 0 Å². The maximum absolute atomic E-state index is 6.06. The minimum atomic E-state index is 0.296. The molecule has 1 aromatic carbocycles. The predicted molar refractivity (Wildman–Crippen MR) is 88.8 cm³/mol. The van der Waals surface area contributed by atoms with E-state index in [0.717, 1.165) is 19.7 Å². The monoisotopic (exact) mass is 291 g/mol. The molecular formula is C17H29N3O. The Labute approximate surface area is 128 Å². The summed E-state index contributed by atoms with van der Waals surface area (Å²) in [6.45, 7) is 5.62. The van der Waals surface area contributed by atoms with Crippen LogP contribution >= 0.6 is 0 Å². The van der Waals surface area contributed by atoms with Gasteiger partial charge in [-0.3, -0.25) is 4.90 Å². The maximum atomic E-state index is 6.06. The van der Waals surface area contributed by atoms with Crippen LogP contribution in [-0.4, -0.2) is 51.3 Å². The molecule has 0 aromatic heterocycles. The third-order valence-electron chi connectivity index (χ3n) is 4.27. The Kier molecular flexibility index (Phi) is 6.03. The fourth-order valence-electron chi connectivity index (χ4n) is 3.11. The van der Waals surface area contributed by atoms with Gasteiger partial charge in [0.1, 0.15) is 0 Å².